The molecule has 1 N–H and O–H groups in total. The standard InChI is InChI=1S/C20H18ClN3O3S2/c21-16-4-2-1-3-15(16)18-12-28-20(23-18)24-19(25)17-6-5-14(11-22-17)13-7-9-29(26,27)10-8-13/h1-6,11-13H,7-10H2,(H,23,24,25). The molecule has 0 bridgehead atoms. The van der Waals surface area contributed by atoms with Gasteiger partial charge in [0.1, 0.15) is 15.5 Å². The van der Waals surface area contributed by atoms with Crippen LogP contribution < -0.4 is 5.32 Å². The van der Waals surface area contributed by atoms with E-state index in [2.05, 4.69) is 15.3 Å². The zero-order valence-corrected chi connectivity index (χ0v) is 17.7. The minimum Gasteiger partial charge on any atom is -0.296 e. The van der Waals surface area contributed by atoms with E-state index in [4.69, 9.17) is 11.6 Å². The molecule has 4 rings (SSSR count). The van der Waals surface area contributed by atoms with E-state index in [0.29, 0.717) is 28.7 Å². The summed E-state index contributed by atoms with van der Waals surface area (Å²) in [5.74, 6) is 0.234. The molecule has 29 heavy (non-hydrogen) atoms. The molecule has 1 aliphatic rings. The first-order valence-electron chi connectivity index (χ1n) is 9.09. The maximum atomic E-state index is 12.5. The quantitative estimate of drug-likeness (QED) is 0.640. The first-order valence-corrected chi connectivity index (χ1v) is 12.2. The number of aromatic nitrogens is 2. The lowest BCUT2D eigenvalue weighted by molar-refractivity contribution is 0.102. The van der Waals surface area contributed by atoms with Crippen molar-refractivity contribution in [1.29, 1.82) is 0 Å². The van der Waals surface area contributed by atoms with Gasteiger partial charge in [-0.1, -0.05) is 35.9 Å². The highest BCUT2D eigenvalue weighted by atomic mass is 35.5. The van der Waals surface area contributed by atoms with Crippen LogP contribution >= 0.6 is 22.9 Å². The number of carbonyl (C=O) groups is 1. The number of sulfone groups is 1. The summed E-state index contributed by atoms with van der Waals surface area (Å²) in [4.78, 5) is 21.2. The Hall–Kier alpha value is -2.29. The number of hydrogen-bond donors (Lipinski definition) is 1. The van der Waals surface area contributed by atoms with Crippen molar-refractivity contribution >= 4 is 43.8 Å². The van der Waals surface area contributed by atoms with Crippen LogP contribution in [0.5, 0.6) is 0 Å². The number of nitrogens with one attached hydrogen (secondary N) is 1. The number of nitrogens with zero attached hydrogens (tertiary/aromatic N) is 2. The number of pyridine rings is 1. The van der Waals surface area contributed by atoms with Gasteiger partial charge in [0.05, 0.1) is 17.2 Å². The average Bonchev–Trinajstić information content (AvgIpc) is 3.16. The summed E-state index contributed by atoms with van der Waals surface area (Å²) in [7, 11) is -2.90. The molecule has 1 aliphatic heterocycles. The molecule has 3 heterocycles. The molecule has 0 saturated carbocycles. The second-order valence-electron chi connectivity index (χ2n) is 6.87. The van der Waals surface area contributed by atoms with E-state index in [0.717, 1.165) is 11.1 Å². The smallest absolute Gasteiger partial charge is 0.276 e. The summed E-state index contributed by atoms with van der Waals surface area (Å²) >= 11 is 7.51. The third-order valence-electron chi connectivity index (χ3n) is 4.92. The Bertz CT molecular complexity index is 1130. The van der Waals surface area contributed by atoms with E-state index >= 15 is 0 Å². The lowest BCUT2D eigenvalue weighted by atomic mass is 9.95. The Kier molecular flexibility index (Phi) is 5.67. The molecule has 1 fully saturated rings. The third-order valence-corrected chi connectivity index (χ3v) is 7.72. The van der Waals surface area contributed by atoms with E-state index in [1.807, 2.05) is 29.6 Å². The maximum absolute atomic E-state index is 12.5. The van der Waals surface area contributed by atoms with Crippen molar-refractivity contribution in [3.63, 3.8) is 0 Å². The molecule has 6 nitrogen and oxygen atoms in total. The van der Waals surface area contributed by atoms with Crippen molar-refractivity contribution in [2.45, 2.75) is 18.8 Å². The van der Waals surface area contributed by atoms with E-state index in [1.54, 1.807) is 18.3 Å². The molecule has 3 aromatic rings. The molecular weight excluding hydrogens is 430 g/mol. The number of anilines is 1. The van der Waals surface area contributed by atoms with Crippen molar-refractivity contribution in [2.75, 3.05) is 16.8 Å². The largest absolute Gasteiger partial charge is 0.296 e. The lowest BCUT2D eigenvalue weighted by Crippen LogP contribution is -2.22. The summed E-state index contributed by atoms with van der Waals surface area (Å²) in [5.41, 5.74) is 2.76. The summed E-state index contributed by atoms with van der Waals surface area (Å²) in [5, 5.41) is 5.67. The molecule has 9 heteroatoms. The summed E-state index contributed by atoms with van der Waals surface area (Å²) in [6, 6.07) is 10.9. The number of thiazole rings is 1. The molecule has 0 atom stereocenters. The number of amides is 1. The molecule has 1 saturated heterocycles. The van der Waals surface area contributed by atoms with Crippen LogP contribution in [0.15, 0.2) is 48.0 Å². The van der Waals surface area contributed by atoms with Crippen molar-refractivity contribution in [1.82, 2.24) is 9.97 Å². The van der Waals surface area contributed by atoms with Crippen LogP contribution in [0.25, 0.3) is 11.3 Å². The number of halogens is 1. The highest BCUT2D eigenvalue weighted by molar-refractivity contribution is 7.91. The summed E-state index contributed by atoms with van der Waals surface area (Å²) in [6.45, 7) is 0. The minimum atomic E-state index is -2.90. The van der Waals surface area contributed by atoms with Gasteiger partial charge in [0, 0.05) is 22.2 Å². The average molecular weight is 448 g/mol. The predicted molar refractivity (Wildman–Crippen MR) is 115 cm³/mol. The van der Waals surface area contributed by atoms with Gasteiger partial charge in [-0.2, -0.15) is 0 Å². The van der Waals surface area contributed by atoms with Crippen molar-refractivity contribution in [3.05, 3.63) is 64.3 Å². The molecule has 0 spiro atoms. The first kappa shape index (κ1) is 20.0. The molecule has 1 aromatic carbocycles. The van der Waals surface area contributed by atoms with Crippen LogP contribution in [0, 0.1) is 0 Å². The zero-order valence-electron chi connectivity index (χ0n) is 15.3. The van der Waals surface area contributed by atoms with Gasteiger partial charge < -0.3 is 0 Å². The predicted octanol–water partition coefficient (Wildman–Crippen LogP) is 4.40. The normalized spacial score (nSPS) is 16.4. The van der Waals surface area contributed by atoms with Gasteiger partial charge in [-0.15, -0.1) is 11.3 Å². The molecule has 0 aliphatic carbocycles. The molecular formula is C20H18ClN3O3S2. The van der Waals surface area contributed by atoms with Crippen LogP contribution in [0.2, 0.25) is 5.02 Å². The Labute approximate surface area is 177 Å². The van der Waals surface area contributed by atoms with Gasteiger partial charge in [-0.05, 0) is 36.5 Å². The first-order chi connectivity index (χ1) is 13.9. The van der Waals surface area contributed by atoms with E-state index in [1.165, 1.54) is 11.3 Å². The van der Waals surface area contributed by atoms with E-state index in [-0.39, 0.29) is 29.0 Å². The van der Waals surface area contributed by atoms with Gasteiger partial charge in [0.15, 0.2) is 5.13 Å². The van der Waals surface area contributed by atoms with Crippen LogP contribution in [0.1, 0.15) is 34.8 Å². The number of hydrogen-bond acceptors (Lipinski definition) is 6. The Morgan fingerprint density at radius 1 is 1.14 bits per heavy atom. The Morgan fingerprint density at radius 3 is 2.59 bits per heavy atom. The molecule has 150 valence electrons. The molecule has 2 aromatic heterocycles. The maximum Gasteiger partial charge on any atom is 0.276 e. The topological polar surface area (TPSA) is 89.0 Å². The van der Waals surface area contributed by atoms with Crippen LogP contribution in [0.4, 0.5) is 5.13 Å². The second kappa shape index (κ2) is 8.22. The fourth-order valence-electron chi connectivity index (χ4n) is 3.29. The van der Waals surface area contributed by atoms with Gasteiger partial charge in [-0.25, -0.2) is 13.4 Å². The summed E-state index contributed by atoms with van der Waals surface area (Å²) in [6.07, 6.45) is 2.85. The van der Waals surface area contributed by atoms with Crippen molar-refractivity contribution < 1.29 is 13.2 Å². The highest BCUT2D eigenvalue weighted by Gasteiger charge is 2.25. The molecule has 0 radical (unpaired) electrons. The number of benzene rings is 1. The van der Waals surface area contributed by atoms with Crippen LogP contribution in [0.3, 0.4) is 0 Å². The Morgan fingerprint density at radius 2 is 1.90 bits per heavy atom. The lowest BCUT2D eigenvalue weighted by Gasteiger charge is -2.21. The fraction of sp³-hybridized carbons (Fsp3) is 0.250. The molecule has 1 amide bonds. The van der Waals surface area contributed by atoms with Gasteiger partial charge in [0.2, 0.25) is 0 Å². The summed E-state index contributed by atoms with van der Waals surface area (Å²) < 4.78 is 23.1. The molecule has 0 unspecified atom stereocenters. The fourth-order valence-corrected chi connectivity index (χ4v) is 5.72. The number of rotatable bonds is 4. The monoisotopic (exact) mass is 447 g/mol. The second-order valence-corrected chi connectivity index (χ2v) is 10.4. The van der Waals surface area contributed by atoms with Gasteiger partial charge in [0.25, 0.3) is 5.91 Å². The van der Waals surface area contributed by atoms with E-state index in [9.17, 15) is 13.2 Å². The van der Waals surface area contributed by atoms with Gasteiger partial charge >= 0.3 is 0 Å². The Balaban J connectivity index is 1.42. The highest BCUT2D eigenvalue weighted by Crippen LogP contribution is 2.31. The van der Waals surface area contributed by atoms with Crippen LogP contribution in [-0.2, 0) is 9.84 Å². The van der Waals surface area contributed by atoms with Crippen LogP contribution in [-0.4, -0.2) is 35.8 Å². The van der Waals surface area contributed by atoms with E-state index < -0.39 is 9.84 Å². The van der Waals surface area contributed by atoms with Crippen molar-refractivity contribution in [3.8, 4) is 11.3 Å². The SMILES string of the molecule is O=C(Nc1nc(-c2ccccc2Cl)cs1)c1ccc(C2CCS(=O)(=O)CC2)cn1. The van der Waals surface area contributed by atoms with Crippen molar-refractivity contribution in [2.24, 2.45) is 0 Å². The minimum absolute atomic E-state index is 0.167. The number of carbonyl (C=O) groups excluding carboxylic acids is 1. The van der Waals surface area contributed by atoms with Gasteiger partial charge in [-0.3, -0.25) is 15.1 Å². The zero-order chi connectivity index (χ0) is 20.4. The third kappa shape index (κ3) is 4.66.